The van der Waals surface area contributed by atoms with Crippen LogP contribution in [0.15, 0.2) is 0 Å². The second kappa shape index (κ2) is 27.4. The summed E-state index contributed by atoms with van der Waals surface area (Å²) in [6, 6.07) is -0.798. The Morgan fingerprint density at radius 1 is 0.583 bits per heavy atom. The Hall–Kier alpha value is -0.650. The third kappa shape index (κ3) is 22.5. The minimum atomic E-state index is -1.13. The van der Waals surface area contributed by atoms with Crippen LogP contribution in [-0.2, 0) is 4.79 Å². The summed E-state index contributed by atoms with van der Waals surface area (Å²) in [6.07, 6.45) is 26.2. The molecule has 0 bridgehead atoms. The molecule has 5 heteroatoms. The van der Waals surface area contributed by atoms with Gasteiger partial charge in [0.2, 0.25) is 5.91 Å². The van der Waals surface area contributed by atoms with Crippen molar-refractivity contribution in [3.05, 3.63) is 0 Å². The molecule has 3 unspecified atom stereocenters. The number of rotatable bonds is 28. The van der Waals surface area contributed by atoms with E-state index in [1.807, 2.05) is 0 Å². The van der Waals surface area contributed by atoms with E-state index < -0.39 is 18.2 Å². The molecule has 0 aliphatic heterocycles. The van der Waals surface area contributed by atoms with Crippen molar-refractivity contribution in [3.8, 4) is 0 Å². The summed E-state index contributed by atoms with van der Waals surface area (Å²) in [5.41, 5.74) is 0. The highest BCUT2D eigenvalue weighted by Crippen LogP contribution is 2.15. The molecule has 0 aromatic heterocycles. The summed E-state index contributed by atoms with van der Waals surface area (Å²) < 4.78 is 0. The molecule has 0 saturated heterocycles. The first-order valence-electron chi connectivity index (χ1n) is 15.8. The van der Waals surface area contributed by atoms with Crippen molar-refractivity contribution in [3.63, 3.8) is 0 Å². The van der Waals surface area contributed by atoms with Gasteiger partial charge in [-0.3, -0.25) is 4.79 Å². The van der Waals surface area contributed by atoms with Crippen molar-refractivity contribution in [1.82, 2.24) is 5.32 Å². The van der Waals surface area contributed by atoms with Crippen LogP contribution >= 0.6 is 0 Å². The molecule has 0 radical (unpaired) electrons. The van der Waals surface area contributed by atoms with E-state index in [1.54, 1.807) is 0 Å². The van der Waals surface area contributed by atoms with Crippen molar-refractivity contribution in [2.75, 3.05) is 6.61 Å². The van der Waals surface area contributed by atoms with Gasteiger partial charge in [0.1, 0.15) is 6.10 Å². The lowest BCUT2D eigenvalue weighted by atomic mass is 9.99. The zero-order valence-corrected chi connectivity index (χ0v) is 24.2. The number of hydrogen-bond acceptors (Lipinski definition) is 4. The van der Waals surface area contributed by atoms with Crippen LogP contribution in [0.3, 0.4) is 0 Å². The maximum absolute atomic E-state index is 12.3. The second-order valence-corrected chi connectivity index (χ2v) is 11.0. The third-order valence-corrected chi connectivity index (χ3v) is 7.46. The average molecular weight is 514 g/mol. The molecule has 0 spiro atoms. The average Bonchev–Trinajstić information content (AvgIpc) is 2.88. The van der Waals surface area contributed by atoms with Gasteiger partial charge in [0, 0.05) is 6.42 Å². The molecule has 216 valence electrons. The summed E-state index contributed by atoms with van der Waals surface area (Å²) >= 11 is 0. The smallest absolute Gasteiger partial charge is 0.220 e. The van der Waals surface area contributed by atoms with Crippen molar-refractivity contribution >= 4 is 5.91 Å². The highest BCUT2D eigenvalue weighted by molar-refractivity contribution is 5.76. The molecule has 0 aromatic rings. The van der Waals surface area contributed by atoms with Gasteiger partial charge >= 0.3 is 0 Å². The van der Waals surface area contributed by atoms with Crippen molar-refractivity contribution in [2.24, 2.45) is 0 Å². The minimum Gasteiger partial charge on any atom is -0.394 e. The molecule has 0 aliphatic rings. The number of carbonyl (C=O) groups is 1. The summed E-state index contributed by atoms with van der Waals surface area (Å²) in [4.78, 5) is 12.3. The Balaban J connectivity index is 3.69. The fourth-order valence-electron chi connectivity index (χ4n) is 4.92. The molecule has 0 fully saturated rings. The van der Waals surface area contributed by atoms with Crippen LogP contribution in [0.1, 0.15) is 168 Å². The SMILES string of the molecule is CCCCCCCCCCCCCCCCC(=O)NC(CO)C(O)C(O)CCCCCCCCCC. The van der Waals surface area contributed by atoms with Crippen molar-refractivity contribution in [2.45, 2.75) is 186 Å². The van der Waals surface area contributed by atoms with Crippen molar-refractivity contribution in [1.29, 1.82) is 0 Å². The lowest BCUT2D eigenvalue weighted by Crippen LogP contribution is -2.50. The summed E-state index contributed by atoms with van der Waals surface area (Å²) in [5, 5.41) is 33.0. The lowest BCUT2D eigenvalue weighted by molar-refractivity contribution is -0.124. The van der Waals surface area contributed by atoms with Gasteiger partial charge in [-0.1, -0.05) is 149 Å². The van der Waals surface area contributed by atoms with Crippen LogP contribution in [0.2, 0.25) is 0 Å². The third-order valence-electron chi connectivity index (χ3n) is 7.46. The fourth-order valence-corrected chi connectivity index (χ4v) is 4.92. The van der Waals surface area contributed by atoms with Crippen LogP contribution in [-0.4, -0.2) is 46.1 Å². The Kier molecular flexibility index (Phi) is 26.9. The van der Waals surface area contributed by atoms with Gasteiger partial charge in [0.25, 0.3) is 0 Å². The van der Waals surface area contributed by atoms with E-state index in [-0.39, 0.29) is 12.5 Å². The normalized spacial score (nSPS) is 14.0. The van der Waals surface area contributed by atoms with Crippen LogP contribution in [0.25, 0.3) is 0 Å². The Morgan fingerprint density at radius 2 is 0.944 bits per heavy atom. The molecular weight excluding hydrogens is 450 g/mol. The van der Waals surface area contributed by atoms with Crippen LogP contribution < -0.4 is 5.32 Å². The molecule has 5 nitrogen and oxygen atoms in total. The Bertz CT molecular complexity index is 460. The van der Waals surface area contributed by atoms with Crippen LogP contribution in [0.4, 0.5) is 0 Å². The number of aliphatic hydroxyl groups is 3. The highest BCUT2D eigenvalue weighted by Gasteiger charge is 2.26. The quantitative estimate of drug-likeness (QED) is 0.0811. The van der Waals surface area contributed by atoms with Gasteiger partial charge in [-0.2, -0.15) is 0 Å². The van der Waals surface area contributed by atoms with Crippen molar-refractivity contribution < 1.29 is 20.1 Å². The fraction of sp³-hybridized carbons (Fsp3) is 0.968. The first-order valence-corrected chi connectivity index (χ1v) is 15.8. The number of carbonyl (C=O) groups excluding carboxylic acids is 1. The molecule has 0 aromatic carbocycles. The molecule has 36 heavy (non-hydrogen) atoms. The summed E-state index contributed by atoms with van der Waals surface area (Å²) in [6.45, 7) is 4.12. The van der Waals surface area contributed by atoms with Crippen LogP contribution in [0.5, 0.6) is 0 Å². The standard InChI is InChI=1S/C31H63NO4/c1-3-5-7-9-11-13-14-15-16-17-18-20-22-24-26-30(35)32-28(27-33)31(36)29(34)25-23-21-19-12-10-8-6-4-2/h28-29,31,33-34,36H,3-27H2,1-2H3,(H,32,35). The summed E-state index contributed by atoms with van der Waals surface area (Å²) in [7, 11) is 0. The van der Waals surface area contributed by atoms with Gasteiger partial charge in [-0.05, 0) is 12.8 Å². The van der Waals surface area contributed by atoms with E-state index in [1.165, 1.54) is 103 Å². The monoisotopic (exact) mass is 513 g/mol. The minimum absolute atomic E-state index is 0.147. The molecule has 0 rings (SSSR count). The topological polar surface area (TPSA) is 89.8 Å². The van der Waals surface area contributed by atoms with E-state index >= 15 is 0 Å². The number of nitrogens with one attached hydrogen (secondary N) is 1. The van der Waals surface area contributed by atoms with E-state index in [0.29, 0.717) is 12.8 Å². The lowest BCUT2D eigenvalue weighted by Gasteiger charge is -2.26. The maximum atomic E-state index is 12.3. The van der Waals surface area contributed by atoms with E-state index in [9.17, 15) is 20.1 Å². The van der Waals surface area contributed by atoms with Gasteiger partial charge in [-0.25, -0.2) is 0 Å². The molecule has 0 saturated carbocycles. The molecule has 0 aliphatic carbocycles. The predicted molar refractivity (Wildman–Crippen MR) is 153 cm³/mol. The van der Waals surface area contributed by atoms with Gasteiger partial charge in [0.05, 0.1) is 18.8 Å². The highest BCUT2D eigenvalue weighted by atomic mass is 16.3. The molecule has 1 amide bonds. The number of hydrogen-bond donors (Lipinski definition) is 4. The first kappa shape index (κ1) is 35.4. The predicted octanol–water partition coefficient (Wildman–Crippen LogP) is 7.59. The second-order valence-electron chi connectivity index (χ2n) is 11.0. The Labute approximate surface area is 224 Å². The van der Waals surface area contributed by atoms with Crippen LogP contribution in [0, 0.1) is 0 Å². The van der Waals surface area contributed by atoms with E-state index in [0.717, 1.165) is 38.5 Å². The van der Waals surface area contributed by atoms with Gasteiger partial charge < -0.3 is 20.6 Å². The number of aliphatic hydroxyl groups excluding tert-OH is 3. The largest absolute Gasteiger partial charge is 0.394 e. The number of amides is 1. The van der Waals surface area contributed by atoms with E-state index in [4.69, 9.17) is 0 Å². The molecule has 3 atom stereocenters. The van der Waals surface area contributed by atoms with E-state index in [2.05, 4.69) is 19.2 Å². The zero-order valence-electron chi connectivity index (χ0n) is 24.2. The molecule has 0 heterocycles. The first-order chi connectivity index (χ1) is 17.6. The molecule has 4 N–H and O–H groups in total. The zero-order chi connectivity index (χ0) is 26.7. The number of unbranched alkanes of at least 4 members (excludes halogenated alkanes) is 20. The maximum Gasteiger partial charge on any atom is 0.220 e. The molecular formula is C31H63NO4. The van der Waals surface area contributed by atoms with Gasteiger partial charge in [0.15, 0.2) is 0 Å². The summed E-state index contributed by atoms with van der Waals surface area (Å²) in [5.74, 6) is -0.147. The van der Waals surface area contributed by atoms with Gasteiger partial charge in [-0.15, -0.1) is 0 Å². The Morgan fingerprint density at radius 3 is 1.33 bits per heavy atom.